The summed E-state index contributed by atoms with van der Waals surface area (Å²) in [4.78, 5) is 12.9. The van der Waals surface area contributed by atoms with Gasteiger partial charge in [0.1, 0.15) is 10.5 Å². The minimum atomic E-state index is 0.609. The van der Waals surface area contributed by atoms with E-state index in [1.54, 1.807) is 23.1 Å². The third kappa shape index (κ3) is 2.05. The first-order valence-corrected chi connectivity index (χ1v) is 6.60. The summed E-state index contributed by atoms with van der Waals surface area (Å²) in [6.07, 6.45) is 2.00. The Kier molecular flexibility index (Phi) is 3.06. The summed E-state index contributed by atoms with van der Waals surface area (Å²) in [7, 11) is 0. The lowest BCUT2D eigenvalue weighted by Gasteiger charge is -2.02. The molecule has 0 bridgehead atoms. The van der Waals surface area contributed by atoms with Gasteiger partial charge >= 0.3 is 0 Å². The Morgan fingerprint density at radius 1 is 1.33 bits per heavy atom. The fourth-order valence-corrected chi connectivity index (χ4v) is 2.65. The van der Waals surface area contributed by atoms with E-state index in [1.165, 1.54) is 0 Å². The zero-order valence-electron chi connectivity index (χ0n) is 8.77. The van der Waals surface area contributed by atoms with Crippen LogP contribution in [0.1, 0.15) is 12.7 Å². The van der Waals surface area contributed by atoms with E-state index in [0.29, 0.717) is 18.3 Å². The van der Waals surface area contributed by atoms with Crippen LogP contribution in [0.5, 0.6) is 5.88 Å². The molecule has 0 amide bonds. The molecule has 0 aliphatic rings. The van der Waals surface area contributed by atoms with Gasteiger partial charge in [-0.1, -0.05) is 11.8 Å². The van der Waals surface area contributed by atoms with Gasteiger partial charge in [-0.3, -0.25) is 0 Å². The van der Waals surface area contributed by atoms with E-state index in [2.05, 4.69) is 15.0 Å². The Bertz CT molecular complexity index is 483. The number of ether oxygens (including phenoxy) is 1. The molecule has 2 aromatic heterocycles. The van der Waals surface area contributed by atoms with Crippen molar-refractivity contribution in [3.05, 3.63) is 5.82 Å². The van der Waals surface area contributed by atoms with Crippen LogP contribution in [0.2, 0.25) is 0 Å². The predicted molar refractivity (Wildman–Crippen MR) is 62.9 cm³/mol. The van der Waals surface area contributed by atoms with Crippen molar-refractivity contribution in [3.8, 4) is 5.88 Å². The average Bonchev–Trinajstić information content (AvgIpc) is 2.61. The predicted octanol–water partition coefficient (Wildman–Crippen LogP) is 2.52. The second-order valence-electron chi connectivity index (χ2n) is 2.85. The molecule has 0 radical (unpaired) electrons. The molecule has 0 fully saturated rings. The Hall–Kier alpha value is -0.880. The molecule has 0 aliphatic heterocycles. The molecule has 2 heterocycles. The van der Waals surface area contributed by atoms with Gasteiger partial charge < -0.3 is 4.74 Å². The van der Waals surface area contributed by atoms with Gasteiger partial charge in [-0.2, -0.15) is 4.98 Å². The van der Waals surface area contributed by atoms with Crippen molar-refractivity contribution in [1.29, 1.82) is 0 Å². The lowest BCUT2D eigenvalue weighted by molar-refractivity contribution is 0.330. The van der Waals surface area contributed by atoms with Gasteiger partial charge in [0.05, 0.1) is 6.61 Å². The third-order valence-electron chi connectivity index (χ3n) is 1.77. The molecule has 0 saturated carbocycles. The van der Waals surface area contributed by atoms with Crippen molar-refractivity contribution in [1.82, 2.24) is 15.0 Å². The smallest absolute Gasteiger partial charge is 0.236 e. The molecule has 0 saturated heterocycles. The normalized spacial score (nSPS) is 10.9. The van der Waals surface area contributed by atoms with Crippen molar-refractivity contribution in [2.45, 2.75) is 18.2 Å². The fourth-order valence-electron chi connectivity index (χ4n) is 1.21. The Morgan fingerprint density at radius 3 is 2.80 bits per heavy atom. The van der Waals surface area contributed by atoms with Crippen molar-refractivity contribution in [2.24, 2.45) is 0 Å². The highest BCUT2D eigenvalue weighted by atomic mass is 32.2. The van der Waals surface area contributed by atoms with Crippen molar-refractivity contribution >= 4 is 33.4 Å². The highest BCUT2D eigenvalue weighted by Gasteiger charge is 2.12. The molecule has 2 aromatic rings. The molecule has 0 spiro atoms. The maximum atomic E-state index is 5.47. The van der Waals surface area contributed by atoms with Gasteiger partial charge in [-0.05, 0) is 20.1 Å². The van der Waals surface area contributed by atoms with E-state index >= 15 is 0 Å². The standard InChI is InChI=1S/C9H11N3OS2/c1-4-13-8-6-7(10-5(2)11-8)12-9(14-3)15-6/h4H2,1-3H3. The van der Waals surface area contributed by atoms with Crippen LogP contribution in [0.15, 0.2) is 4.34 Å². The van der Waals surface area contributed by atoms with Crippen LogP contribution in [0.3, 0.4) is 0 Å². The van der Waals surface area contributed by atoms with Crippen molar-refractivity contribution in [3.63, 3.8) is 0 Å². The van der Waals surface area contributed by atoms with Gasteiger partial charge in [-0.15, -0.1) is 11.3 Å². The first kappa shape index (κ1) is 10.6. The van der Waals surface area contributed by atoms with Crippen molar-refractivity contribution < 1.29 is 4.74 Å². The molecule has 0 N–H and O–H groups in total. The first-order chi connectivity index (χ1) is 7.24. The van der Waals surface area contributed by atoms with Crippen LogP contribution < -0.4 is 4.74 Å². The van der Waals surface area contributed by atoms with E-state index in [1.807, 2.05) is 20.1 Å². The monoisotopic (exact) mass is 241 g/mol. The van der Waals surface area contributed by atoms with Crippen LogP contribution in [0.25, 0.3) is 10.3 Å². The fraction of sp³-hybridized carbons (Fsp3) is 0.444. The van der Waals surface area contributed by atoms with Crippen LogP contribution in [-0.4, -0.2) is 27.8 Å². The molecule has 0 atom stereocenters. The summed E-state index contributed by atoms with van der Waals surface area (Å²) in [5, 5.41) is 0. The number of aromatic nitrogens is 3. The Balaban J connectivity index is 2.61. The molecular formula is C9H11N3OS2. The summed E-state index contributed by atoms with van der Waals surface area (Å²) in [5.74, 6) is 1.35. The van der Waals surface area contributed by atoms with Crippen LogP contribution in [0.4, 0.5) is 0 Å². The van der Waals surface area contributed by atoms with E-state index < -0.39 is 0 Å². The van der Waals surface area contributed by atoms with Crippen LogP contribution in [-0.2, 0) is 0 Å². The average molecular weight is 241 g/mol. The highest BCUT2D eigenvalue weighted by molar-refractivity contribution is 8.00. The zero-order chi connectivity index (χ0) is 10.8. The van der Waals surface area contributed by atoms with E-state index in [-0.39, 0.29) is 0 Å². The molecule has 2 rings (SSSR count). The van der Waals surface area contributed by atoms with E-state index in [4.69, 9.17) is 4.74 Å². The van der Waals surface area contributed by atoms with E-state index in [9.17, 15) is 0 Å². The van der Waals surface area contributed by atoms with Gasteiger partial charge in [0.15, 0.2) is 9.99 Å². The third-order valence-corrected chi connectivity index (χ3v) is 3.79. The molecule has 15 heavy (non-hydrogen) atoms. The lowest BCUT2D eigenvalue weighted by atomic mass is 10.5. The number of thioether (sulfide) groups is 1. The largest absolute Gasteiger partial charge is 0.477 e. The summed E-state index contributed by atoms with van der Waals surface area (Å²) < 4.78 is 7.40. The molecule has 0 unspecified atom stereocenters. The van der Waals surface area contributed by atoms with Gasteiger partial charge in [0.25, 0.3) is 0 Å². The Morgan fingerprint density at radius 2 is 2.13 bits per heavy atom. The number of hydrogen-bond donors (Lipinski definition) is 0. The van der Waals surface area contributed by atoms with Gasteiger partial charge in [-0.25, -0.2) is 9.97 Å². The number of aryl methyl sites for hydroxylation is 1. The lowest BCUT2D eigenvalue weighted by Crippen LogP contribution is -1.97. The Labute approximate surface area is 96.1 Å². The minimum Gasteiger partial charge on any atom is -0.477 e. The molecule has 6 heteroatoms. The number of hydrogen-bond acceptors (Lipinski definition) is 6. The summed E-state index contributed by atoms with van der Waals surface area (Å²) in [5.41, 5.74) is 0.736. The summed E-state index contributed by atoms with van der Waals surface area (Å²) >= 11 is 3.19. The topological polar surface area (TPSA) is 47.9 Å². The van der Waals surface area contributed by atoms with Crippen molar-refractivity contribution in [2.75, 3.05) is 12.9 Å². The molecule has 80 valence electrons. The maximum Gasteiger partial charge on any atom is 0.236 e. The minimum absolute atomic E-state index is 0.609. The molecule has 4 nitrogen and oxygen atoms in total. The number of fused-ring (bicyclic) bond motifs is 1. The second-order valence-corrected chi connectivity index (χ2v) is 4.90. The first-order valence-electron chi connectivity index (χ1n) is 4.56. The molecular weight excluding hydrogens is 230 g/mol. The number of nitrogens with zero attached hydrogens (tertiary/aromatic N) is 3. The number of rotatable bonds is 3. The second kappa shape index (κ2) is 4.32. The molecule has 0 aromatic carbocycles. The number of thiazole rings is 1. The summed E-state index contributed by atoms with van der Waals surface area (Å²) in [6.45, 7) is 4.40. The molecule has 0 aliphatic carbocycles. The van der Waals surface area contributed by atoms with Crippen LogP contribution >= 0.6 is 23.1 Å². The quantitative estimate of drug-likeness (QED) is 0.773. The zero-order valence-corrected chi connectivity index (χ0v) is 10.4. The van der Waals surface area contributed by atoms with Gasteiger partial charge in [0, 0.05) is 0 Å². The highest BCUT2D eigenvalue weighted by Crippen LogP contribution is 2.32. The van der Waals surface area contributed by atoms with Gasteiger partial charge in [0.2, 0.25) is 5.88 Å². The maximum absolute atomic E-state index is 5.47. The van der Waals surface area contributed by atoms with Crippen LogP contribution in [0, 0.1) is 6.92 Å². The summed E-state index contributed by atoms with van der Waals surface area (Å²) in [6, 6.07) is 0. The SMILES string of the molecule is CCOc1nc(C)nc2nc(SC)sc12. The van der Waals surface area contributed by atoms with E-state index in [0.717, 1.165) is 14.7 Å².